The highest BCUT2D eigenvalue weighted by Crippen LogP contribution is 2.11. The molecule has 25 heavy (non-hydrogen) atoms. The van der Waals surface area contributed by atoms with E-state index in [1.54, 1.807) is 38.3 Å². The summed E-state index contributed by atoms with van der Waals surface area (Å²) in [5.41, 5.74) is -0.754. The molecule has 2 aromatic rings. The molecule has 1 N–H and O–H groups in total. The van der Waals surface area contributed by atoms with Crippen LogP contribution in [0.2, 0.25) is 0 Å². The molecule has 0 fully saturated rings. The summed E-state index contributed by atoms with van der Waals surface area (Å²) < 4.78 is 7.09. The lowest BCUT2D eigenvalue weighted by Gasteiger charge is -2.10. The number of rotatable bonds is 6. The van der Waals surface area contributed by atoms with E-state index in [0.29, 0.717) is 12.3 Å². The summed E-state index contributed by atoms with van der Waals surface area (Å²) in [4.78, 5) is 36.4. The second-order valence-corrected chi connectivity index (χ2v) is 5.24. The third-order valence-electron chi connectivity index (χ3n) is 3.62. The molecule has 0 unspecified atom stereocenters. The summed E-state index contributed by atoms with van der Waals surface area (Å²) in [5, 5.41) is 11.6. The number of aryl methyl sites for hydroxylation is 1. The third-order valence-corrected chi connectivity index (χ3v) is 3.62. The molecule has 0 bridgehead atoms. The minimum Gasteiger partial charge on any atom is -0.497 e. The zero-order chi connectivity index (χ0) is 18.4. The number of methoxy groups -OCH3 is 1. The molecule has 0 spiro atoms. The van der Waals surface area contributed by atoms with Crippen molar-refractivity contribution in [1.29, 1.82) is 5.26 Å². The number of benzene rings is 1. The van der Waals surface area contributed by atoms with Crippen molar-refractivity contribution in [2.75, 3.05) is 7.11 Å². The standard InChI is InChI=1S/C17H18N4O4/c1-3-20-10-13(8-18)16(23)21(17(20)24)11-15(22)19-9-12-5-4-6-14(7-12)25-2/h4-7,10H,3,9,11H2,1-2H3,(H,19,22). The van der Waals surface area contributed by atoms with Gasteiger partial charge in [-0.3, -0.25) is 14.2 Å². The lowest BCUT2D eigenvalue weighted by atomic mass is 10.2. The molecule has 0 saturated heterocycles. The molecule has 0 aliphatic rings. The molecule has 0 aliphatic carbocycles. The first-order chi connectivity index (χ1) is 12.0. The number of ether oxygens (including phenoxy) is 1. The highest BCUT2D eigenvalue weighted by Gasteiger charge is 2.13. The van der Waals surface area contributed by atoms with Crippen molar-refractivity contribution >= 4 is 5.91 Å². The molecule has 1 aromatic heterocycles. The van der Waals surface area contributed by atoms with Crippen LogP contribution in [-0.2, 0) is 24.4 Å². The maximum atomic E-state index is 12.2. The molecular formula is C17H18N4O4. The lowest BCUT2D eigenvalue weighted by Crippen LogP contribution is -2.44. The van der Waals surface area contributed by atoms with E-state index >= 15 is 0 Å². The van der Waals surface area contributed by atoms with Gasteiger partial charge in [0.1, 0.15) is 23.9 Å². The molecule has 0 atom stereocenters. The van der Waals surface area contributed by atoms with E-state index in [9.17, 15) is 14.4 Å². The average molecular weight is 342 g/mol. The summed E-state index contributed by atoms with van der Waals surface area (Å²) >= 11 is 0. The minimum atomic E-state index is -0.770. The van der Waals surface area contributed by atoms with Crippen molar-refractivity contribution < 1.29 is 9.53 Å². The summed E-state index contributed by atoms with van der Waals surface area (Å²) in [6.45, 7) is 1.78. The fourth-order valence-corrected chi connectivity index (χ4v) is 2.28. The van der Waals surface area contributed by atoms with Crippen LogP contribution in [0.3, 0.4) is 0 Å². The van der Waals surface area contributed by atoms with Crippen LogP contribution in [-0.4, -0.2) is 22.2 Å². The van der Waals surface area contributed by atoms with Crippen LogP contribution in [0.1, 0.15) is 18.1 Å². The van der Waals surface area contributed by atoms with E-state index in [4.69, 9.17) is 10.00 Å². The summed E-state index contributed by atoms with van der Waals surface area (Å²) in [5.74, 6) is 0.162. The van der Waals surface area contributed by atoms with Gasteiger partial charge in [0.15, 0.2) is 0 Å². The fourth-order valence-electron chi connectivity index (χ4n) is 2.28. The van der Waals surface area contributed by atoms with Crippen LogP contribution in [0, 0.1) is 11.3 Å². The van der Waals surface area contributed by atoms with Crippen molar-refractivity contribution in [3.8, 4) is 11.8 Å². The van der Waals surface area contributed by atoms with E-state index in [0.717, 1.165) is 10.1 Å². The Labute approximate surface area is 143 Å². The van der Waals surface area contributed by atoms with Gasteiger partial charge in [0.2, 0.25) is 5.91 Å². The van der Waals surface area contributed by atoms with Crippen molar-refractivity contribution in [3.63, 3.8) is 0 Å². The van der Waals surface area contributed by atoms with Gasteiger partial charge < -0.3 is 10.1 Å². The number of nitrogens with zero attached hydrogens (tertiary/aromatic N) is 3. The number of hydrogen-bond acceptors (Lipinski definition) is 5. The Kier molecular flexibility index (Phi) is 5.74. The Morgan fingerprint density at radius 1 is 1.36 bits per heavy atom. The predicted molar refractivity (Wildman–Crippen MR) is 90.2 cm³/mol. The summed E-state index contributed by atoms with van der Waals surface area (Å²) in [7, 11) is 1.55. The normalized spacial score (nSPS) is 10.1. The molecule has 0 radical (unpaired) electrons. The highest BCUT2D eigenvalue weighted by molar-refractivity contribution is 5.75. The number of amides is 1. The van der Waals surface area contributed by atoms with Gasteiger partial charge in [-0.15, -0.1) is 0 Å². The first kappa shape index (κ1) is 18.0. The number of aromatic nitrogens is 2. The first-order valence-electron chi connectivity index (χ1n) is 7.64. The largest absolute Gasteiger partial charge is 0.497 e. The number of nitriles is 1. The predicted octanol–water partition coefficient (Wildman–Crippen LogP) is 0.227. The van der Waals surface area contributed by atoms with Crippen LogP contribution in [0.25, 0.3) is 0 Å². The zero-order valence-corrected chi connectivity index (χ0v) is 14.0. The molecule has 8 heteroatoms. The first-order valence-corrected chi connectivity index (χ1v) is 7.64. The second-order valence-electron chi connectivity index (χ2n) is 5.24. The Morgan fingerprint density at radius 3 is 2.76 bits per heavy atom. The molecule has 1 aromatic carbocycles. The quantitative estimate of drug-likeness (QED) is 0.809. The van der Waals surface area contributed by atoms with Crippen LogP contribution in [0.15, 0.2) is 40.1 Å². The van der Waals surface area contributed by atoms with E-state index in [1.807, 2.05) is 6.07 Å². The van der Waals surface area contributed by atoms with Gasteiger partial charge in [-0.05, 0) is 24.6 Å². The third kappa shape index (κ3) is 4.14. The smallest absolute Gasteiger partial charge is 0.331 e. The van der Waals surface area contributed by atoms with Gasteiger partial charge in [0.05, 0.1) is 7.11 Å². The van der Waals surface area contributed by atoms with Crippen molar-refractivity contribution in [3.05, 3.63) is 62.4 Å². The molecule has 8 nitrogen and oxygen atoms in total. The monoisotopic (exact) mass is 342 g/mol. The van der Waals surface area contributed by atoms with Crippen molar-refractivity contribution in [1.82, 2.24) is 14.5 Å². The fraction of sp³-hybridized carbons (Fsp3) is 0.294. The second kappa shape index (κ2) is 7.97. The molecule has 1 amide bonds. The van der Waals surface area contributed by atoms with Gasteiger partial charge in [0, 0.05) is 19.3 Å². The van der Waals surface area contributed by atoms with Crippen LogP contribution in [0.4, 0.5) is 0 Å². The maximum absolute atomic E-state index is 12.2. The van der Waals surface area contributed by atoms with Crippen molar-refractivity contribution in [2.45, 2.75) is 26.6 Å². The number of hydrogen-bond donors (Lipinski definition) is 1. The van der Waals surface area contributed by atoms with Crippen molar-refractivity contribution in [2.24, 2.45) is 0 Å². The van der Waals surface area contributed by atoms with E-state index in [-0.39, 0.29) is 12.1 Å². The van der Waals surface area contributed by atoms with Gasteiger partial charge >= 0.3 is 5.69 Å². The number of carbonyl (C=O) groups excluding carboxylic acids is 1. The Balaban J connectivity index is 2.16. The Morgan fingerprint density at radius 2 is 2.12 bits per heavy atom. The summed E-state index contributed by atoms with van der Waals surface area (Å²) in [6.07, 6.45) is 1.20. The van der Waals surface area contributed by atoms with Crippen LogP contribution < -0.4 is 21.3 Å². The average Bonchev–Trinajstić information content (AvgIpc) is 2.64. The Hall–Kier alpha value is -3.34. The molecule has 2 rings (SSSR count). The van der Waals surface area contributed by atoms with E-state index < -0.39 is 23.7 Å². The zero-order valence-electron chi connectivity index (χ0n) is 14.0. The minimum absolute atomic E-state index is 0.179. The molecule has 0 aliphatic heterocycles. The van der Waals surface area contributed by atoms with E-state index in [1.165, 1.54) is 10.8 Å². The highest BCUT2D eigenvalue weighted by atomic mass is 16.5. The molecular weight excluding hydrogens is 324 g/mol. The number of carbonyl (C=O) groups is 1. The van der Waals surface area contributed by atoms with Crippen LogP contribution in [0.5, 0.6) is 5.75 Å². The Bertz CT molecular complexity index is 937. The topological polar surface area (TPSA) is 106 Å². The lowest BCUT2D eigenvalue weighted by molar-refractivity contribution is -0.121. The van der Waals surface area contributed by atoms with Crippen LogP contribution >= 0.6 is 0 Å². The number of nitrogens with one attached hydrogen (secondary N) is 1. The van der Waals surface area contributed by atoms with E-state index in [2.05, 4.69) is 5.32 Å². The SMILES string of the molecule is CCn1cc(C#N)c(=O)n(CC(=O)NCc2cccc(OC)c2)c1=O. The van der Waals surface area contributed by atoms with Gasteiger partial charge in [-0.2, -0.15) is 5.26 Å². The molecule has 130 valence electrons. The maximum Gasteiger partial charge on any atom is 0.331 e. The summed E-state index contributed by atoms with van der Waals surface area (Å²) in [6, 6.07) is 8.90. The molecule has 0 saturated carbocycles. The molecule has 1 heterocycles. The van der Waals surface area contributed by atoms with Gasteiger partial charge in [-0.25, -0.2) is 9.36 Å². The van der Waals surface area contributed by atoms with Gasteiger partial charge in [0.25, 0.3) is 5.56 Å². The van der Waals surface area contributed by atoms with Gasteiger partial charge in [-0.1, -0.05) is 12.1 Å².